The summed E-state index contributed by atoms with van der Waals surface area (Å²) in [6, 6.07) is 7.00. The van der Waals surface area contributed by atoms with E-state index in [1.54, 1.807) is 4.90 Å². The minimum Gasteiger partial charge on any atom is -0.350 e. The number of urea groups is 1. The Labute approximate surface area is 176 Å². The largest absolute Gasteiger partial charge is 0.350 e. The van der Waals surface area contributed by atoms with Crippen LogP contribution >= 0.6 is 0 Å². The first-order valence-electron chi connectivity index (χ1n) is 10.7. The van der Waals surface area contributed by atoms with Crippen LogP contribution in [0.2, 0.25) is 0 Å². The fourth-order valence-electron chi connectivity index (χ4n) is 4.75. The quantitative estimate of drug-likeness (QED) is 0.722. The molecule has 160 valence electrons. The molecule has 0 bridgehead atoms. The molecule has 2 heterocycles. The van der Waals surface area contributed by atoms with Crippen LogP contribution in [0.15, 0.2) is 24.3 Å². The van der Waals surface area contributed by atoms with Gasteiger partial charge < -0.3 is 15.5 Å². The first-order valence-corrected chi connectivity index (χ1v) is 10.7. The van der Waals surface area contributed by atoms with Gasteiger partial charge in [-0.3, -0.25) is 19.3 Å². The van der Waals surface area contributed by atoms with Crippen molar-refractivity contribution in [1.82, 2.24) is 15.5 Å². The van der Waals surface area contributed by atoms with Crippen LogP contribution in [0.1, 0.15) is 51.0 Å². The van der Waals surface area contributed by atoms with Crippen LogP contribution in [0.25, 0.3) is 0 Å². The van der Waals surface area contributed by atoms with E-state index in [1.807, 2.05) is 31.2 Å². The molecule has 3 fully saturated rings. The minimum absolute atomic E-state index is 0.0664. The zero-order chi connectivity index (χ0) is 21.3. The zero-order valence-corrected chi connectivity index (χ0v) is 17.3. The van der Waals surface area contributed by atoms with Gasteiger partial charge in [-0.2, -0.15) is 0 Å². The SMILES string of the molecule is C[C@H]1CCCC[C@@]12NC(=O)N(CC(=O)NCc1ccc(N3CCCC3=O)cc1)C2=O. The molecule has 1 spiro atoms. The highest BCUT2D eigenvalue weighted by atomic mass is 16.2. The monoisotopic (exact) mass is 412 g/mol. The summed E-state index contributed by atoms with van der Waals surface area (Å²) >= 11 is 0. The molecule has 1 aromatic carbocycles. The molecule has 0 unspecified atom stereocenters. The van der Waals surface area contributed by atoms with Crippen molar-refractivity contribution in [2.75, 3.05) is 18.0 Å². The van der Waals surface area contributed by atoms with Crippen LogP contribution in [0, 0.1) is 5.92 Å². The topological polar surface area (TPSA) is 98.8 Å². The van der Waals surface area contributed by atoms with Crippen LogP contribution in [0.5, 0.6) is 0 Å². The summed E-state index contributed by atoms with van der Waals surface area (Å²) in [6.07, 6.45) is 4.93. The van der Waals surface area contributed by atoms with Crippen molar-refractivity contribution >= 4 is 29.4 Å². The lowest BCUT2D eigenvalue weighted by atomic mass is 9.73. The molecular weight excluding hydrogens is 384 g/mol. The summed E-state index contributed by atoms with van der Waals surface area (Å²) in [6.45, 7) is 2.74. The maximum absolute atomic E-state index is 12.9. The third-order valence-electron chi connectivity index (χ3n) is 6.61. The highest BCUT2D eigenvalue weighted by molar-refractivity contribution is 6.09. The van der Waals surface area contributed by atoms with Gasteiger partial charge in [-0.15, -0.1) is 0 Å². The van der Waals surface area contributed by atoms with Gasteiger partial charge in [0.25, 0.3) is 5.91 Å². The number of nitrogens with zero attached hydrogens (tertiary/aromatic N) is 2. The Morgan fingerprint density at radius 2 is 1.93 bits per heavy atom. The molecule has 5 amide bonds. The Morgan fingerprint density at radius 3 is 2.60 bits per heavy atom. The van der Waals surface area contributed by atoms with Crippen molar-refractivity contribution in [1.29, 1.82) is 0 Å². The summed E-state index contributed by atoms with van der Waals surface area (Å²) in [5.74, 6) is -0.460. The smallest absolute Gasteiger partial charge is 0.325 e. The van der Waals surface area contributed by atoms with Crippen molar-refractivity contribution < 1.29 is 19.2 Å². The van der Waals surface area contributed by atoms with Crippen LogP contribution in [0.4, 0.5) is 10.5 Å². The molecule has 30 heavy (non-hydrogen) atoms. The second kappa shape index (κ2) is 8.08. The predicted octanol–water partition coefficient (Wildman–Crippen LogP) is 1.93. The van der Waals surface area contributed by atoms with Crippen molar-refractivity contribution in [3.63, 3.8) is 0 Å². The number of hydrogen-bond acceptors (Lipinski definition) is 4. The third kappa shape index (κ3) is 3.66. The van der Waals surface area contributed by atoms with E-state index in [1.165, 1.54) is 0 Å². The average molecular weight is 412 g/mol. The molecule has 1 aliphatic carbocycles. The fourth-order valence-corrected chi connectivity index (χ4v) is 4.75. The van der Waals surface area contributed by atoms with Gasteiger partial charge >= 0.3 is 6.03 Å². The highest BCUT2D eigenvalue weighted by Crippen LogP contribution is 2.38. The maximum atomic E-state index is 12.9. The van der Waals surface area contributed by atoms with E-state index < -0.39 is 11.6 Å². The Bertz CT molecular complexity index is 868. The van der Waals surface area contributed by atoms with Gasteiger partial charge in [0, 0.05) is 25.2 Å². The molecule has 2 saturated heterocycles. The van der Waals surface area contributed by atoms with Gasteiger partial charge in [0.2, 0.25) is 11.8 Å². The van der Waals surface area contributed by atoms with E-state index in [4.69, 9.17) is 0 Å². The van der Waals surface area contributed by atoms with Gasteiger partial charge in [-0.25, -0.2) is 4.79 Å². The molecule has 0 radical (unpaired) electrons. The van der Waals surface area contributed by atoms with Gasteiger partial charge in [0.15, 0.2) is 0 Å². The molecule has 3 aliphatic rings. The van der Waals surface area contributed by atoms with Crippen molar-refractivity contribution in [2.24, 2.45) is 5.92 Å². The average Bonchev–Trinajstić information content (AvgIpc) is 3.26. The van der Waals surface area contributed by atoms with Gasteiger partial charge in [-0.05, 0) is 42.9 Å². The number of carbonyl (C=O) groups is 4. The molecule has 1 aromatic rings. The van der Waals surface area contributed by atoms with Gasteiger partial charge in [0.05, 0.1) is 0 Å². The van der Waals surface area contributed by atoms with Crippen molar-refractivity contribution in [3.8, 4) is 0 Å². The molecular formula is C22H28N4O4. The summed E-state index contributed by atoms with van der Waals surface area (Å²) in [5, 5.41) is 5.63. The summed E-state index contributed by atoms with van der Waals surface area (Å²) < 4.78 is 0. The minimum atomic E-state index is -0.849. The molecule has 0 aromatic heterocycles. The number of imide groups is 1. The normalized spacial score (nSPS) is 26.4. The lowest BCUT2D eigenvalue weighted by molar-refractivity contribution is -0.137. The van der Waals surface area contributed by atoms with E-state index in [9.17, 15) is 19.2 Å². The van der Waals surface area contributed by atoms with Crippen LogP contribution in [-0.2, 0) is 20.9 Å². The van der Waals surface area contributed by atoms with Crippen LogP contribution in [0.3, 0.4) is 0 Å². The van der Waals surface area contributed by atoms with E-state index >= 15 is 0 Å². The molecule has 8 nitrogen and oxygen atoms in total. The lowest BCUT2D eigenvalue weighted by Gasteiger charge is -2.36. The number of nitrogens with one attached hydrogen (secondary N) is 2. The van der Waals surface area contributed by atoms with Gasteiger partial charge in [0.1, 0.15) is 12.1 Å². The van der Waals surface area contributed by atoms with E-state index in [0.29, 0.717) is 12.8 Å². The van der Waals surface area contributed by atoms with Gasteiger partial charge in [-0.1, -0.05) is 31.9 Å². The maximum Gasteiger partial charge on any atom is 0.325 e. The Hall–Kier alpha value is -2.90. The number of carbonyl (C=O) groups excluding carboxylic acids is 4. The van der Waals surface area contributed by atoms with Crippen molar-refractivity contribution in [3.05, 3.63) is 29.8 Å². The predicted molar refractivity (Wildman–Crippen MR) is 110 cm³/mol. The van der Waals surface area contributed by atoms with E-state index in [2.05, 4.69) is 10.6 Å². The molecule has 2 aliphatic heterocycles. The van der Waals surface area contributed by atoms with E-state index in [-0.39, 0.29) is 36.7 Å². The standard InChI is InChI=1S/C22H28N4O4/c1-15-5-2-3-11-22(15)20(29)26(21(30)24-22)14-18(27)23-13-16-7-9-17(10-8-16)25-12-4-6-19(25)28/h7-10,15H,2-6,11-14H2,1H3,(H,23,27)(H,24,30)/t15-,22+/m0/s1. The number of rotatable bonds is 5. The van der Waals surface area contributed by atoms with Crippen LogP contribution in [-0.4, -0.2) is 47.3 Å². The Balaban J connectivity index is 1.32. The number of benzene rings is 1. The first-order chi connectivity index (χ1) is 14.4. The van der Waals surface area contributed by atoms with Crippen LogP contribution < -0.4 is 15.5 Å². The number of hydrogen-bond donors (Lipinski definition) is 2. The second-order valence-corrected chi connectivity index (χ2v) is 8.53. The lowest BCUT2D eigenvalue weighted by Crippen LogP contribution is -2.54. The molecule has 8 heteroatoms. The second-order valence-electron chi connectivity index (χ2n) is 8.53. The fraction of sp³-hybridized carbons (Fsp3) is 0.545. The summed E-state index contributed by atoms with van der Waals surface area (Å²) in [5.41, 5.74) is 0.894. The first kappa shape index (κ1) is 20.4. The summed E-state index contributed by atoms with van der Waals surface area (Å²) in [4.78, 5) is 52.4. The summed E-state index contributed by atoms with van der Waals surface area (Å²) in [7, 11) is 0. The highest BCUT2D eigenvalue weighted by Gasteiger charge is 2.55. The molecule has 4 rings (SSSR count). The van der Waals surface area contributed by atoms with Crippen molar-refractivity contribution in [2.45, 2.75) is 57.5 Å². The zero-order valence-electron chi connectivity index (χ0n) is 17.3. The van der Waals surface area contributed by atoms with E-state index in [0.717, 1.165) is 48.4 Å². The number of amides is 5. The Morgan fingerprint density at radius 1 is 1.17 bits per heavy atom. The molecule has 2 N–H and O–H groups in total. The molecule has 2 atom stereocenters. The Kier molecular flexibility index (Phi) is 5.49. The molecule has 1 saturated carbocycles. The number of anilines is 1. The third-order valence-corrected chi connectivity index (χ3v) is 6.61.